The molecular weight excluding hydrogens is 260 g/mol. The van der Waals surface area contributed by atoms with Crippen LogP contribution in [0.15, 0.2) is 30.3 Å². The van der Waals surface area contributed by atoms with Crippen LogP contribution in [0.4, 0.5) is 0 Å². The summed E-state index contributed by atoms with van der Waals surface area (Å²) in [4.78, 5) is 0. The smallest absolute Gasteiger partial charge is 0.211 e. The summed E-state index contributed by atoms with van der Waals surface area (Å²) < 4.78 is 26.3. The fourth-order valence-electron chi connectivity index (χ4n) is 1.70. The number of hydrogen-bond donors (Lipinski definition) is 1. The van der Waals surface area contributed by atoms with Crippen LogP contribution in [0, 0.1) is 11.3 Å². The fourth-order valence-corrected chi connectivity index (χ4v) is 2.88. The van der Waals surface area contributed by atoms with E-state index in [4.69, 9.17) is 5.26 Å². The Hall–Kier alpha value is -1.38. The number of nitriles is 1. The summed E-state index contributed by atoms with van der Waals surface area (Å²) in [6, 6.07) is 11.7. The van der Waals surface area contributed by atoms with E-state index >= 15 is 0 Å². The number of sulfonamides is 1. The number of nitrogens with zero attached hydrogens (tertiary/aromatic N) is 1. The van der Waals surface area contributed by atoms with Gasteiger partial charge in [-0.3, -0.25) is 0 Å². The third-order valence-electron chi connectivity index (χ3n) is 2.95. The van der Waals surface area contributed by atoms with Crippen molar-refractivity contribution in [2.75, 3.05) is 0 Å². The molecule has 1 rings (SSSR count). The Balaban J connectivity index is 2.65. The molecule has 1 aromatic rings. The zero-order valence-electron chi connectivity index (χ0n) is 11.6. The Kier molecular flexibility index (Phi) is 5.10. The molecule has 0 saturated carbocycles. The van der Waals surface area contributed by atoms with Crippen molar-refractivity contribution < 1.29 is 8.42 Å². The number of aryl methyl sites for hydroxylation is 1. The van der Waals surface area contributed by atoms with E-state index in [1.54, 1.807) is 6.07 Å². The second-order valence-corrected chi connectivity index (χ2v) is 7.29. The Morgan fingerprint density at radius 1 is 1.32 bits per heavy atom. The van der Waals surface area contributed by atoms with E-state index in [-0.39, 0.29) is 0 Å². The second-order valence-electron chi connectivity index (χ2n) is 5.29. The van der Waals surface area contributed by atoms with E-state index < -0.39 is 20.8 Å². The number of benzene rings is 1. The maximum Gasteiger partial charge on any atom is 0.228 e. The highest BCUT2D eigenvalue weighted by Gasteiger charge is 2.28. The van der Waals surface area contributed by atoms with Gasteiger partial charge in [0.1, 0.15) is 0 Å². The molecule has 1 atom stereocenters. The van der Waals surface area contributed by atoms with Crippen LogP contribution in [0.5, 0.6) is 0 Å². The van der Waals surface area contributed by atoms with E-state index in [2.05, 4.69) is 4.72 Å². The molecule has 0 bridgehead atoms. The summed E-state index contributed by atoms with van der Waals surface area (Å²) in [6.45, 7) is 5.05. The monoisotopic (exact) mass is 280 g/mol. The Morgan fingerprint density at radius 2 is 1.89 bits per heavy atom. The van der Waals surface area contributed by atoms with Crippen molar-refractivity contribution in [1.29, 1.82) is 5.26 Å². The summed E-state index contributed by atoms with van der Waals surface area (Å²) >= 11 is 0. The highest BCUT2D eigenvalue weighted by atomic mass is 32.2. The van der Waals surface area contributed by atoms with Gasteiger partial charge in [0.25, 0.3) is 0 Å². The average Bonchev–Trinajstić information content (AvgIpc) is 2.35. The van der Waals surface area contributed by atoms with Crippen LogP contribution in [0.2, 0.25) is 0 Å². The molecule has 5 heteroatoms. The van der Waals surface area contributed by atoms with Crippen molar-refractivity contribution in [3.05, 3.63) is 35.9 Å². The van der Waals surface area contributed by atoms with Gasteiger partial charge in [0.2, 0.25) is 10.0 Å². The maximum absolute atomic E-state index is 11.9. The molecule has 0 radical (unpaired) electrons. The van der Waals surface area contributed by atoms with E-state index in [0.717, 1.165) is 6.42 Å². The van der Waals surface area contributed by atoms with Crippen molar-refractivity contribution in [1.82, 2.24) is 4.72 Å². The second kappa shape index (κ2) is 6.18. The minimum Gasteiger partial charge on any atom is -0.211 e. The van der Waals surface area contributed by atoms with E-state index in [0.29, 0.717) is 6.42 Å². The van der Waals surface area contributed by atoms with Crippen LogP contribution in [0.1, 0.15) is 32.8 Å². The first kappa shape index (κ1) is 15.7. The van der Waals surface area contributed by atoms with Crippen LogP contribution >= 0.6 is 0 Å². The lowest BCUT2D eigenvalue weighted by Gasteiger charge is -2.26. The molecular formula is C14H20N2O2S. The maximum atomic E-state index is 11.9. The first-order valence-electron chi connectivity index (χ1n) is 6.23. The molecule has 0 aliphatic heterocycles. The van der Waals surface area contributed by atoms with E-state index in [1.165, 1.54) is 12.5 Å². The van der Waals surface area contributed by atoms with Crippen LogP contribution in [-0.4, -0.2) is 19.2 Å². The quantitative estimate of drug-likeness (QED) is 0.868. The summed E-state index contributed by atoms with van der Waals surface area (Å²) in [6.07, 6.45) is 1.46. The van der Waals surface area contributed by atoms with Gasteiger partial charge in [0.05, 0.1) is 6.07 Å². The van der Waals surface area contributed by atoms with Gasteiger partial charge in [-0.15, -0.1) is 0 Å². The molecule has 1 unspecified atom stereocenters. The highest BCUT2D eigenvalue weighted by Crippen LogP contribution is 2.16. The van der Waals surface area contributed by atoms with Gasteiger partial charge in [-0.2, -0.15) is 5.26 Å². The number of rotatable bonds is 6. The first-order valence-corrected chi connectivity index (χ1v) is 7.78. The predicted octanol–water partition coefficient (Wildman–Crippen LogP) is 2.23. The Morgan fingerprint density at radius 3 is 2.42 bits per heavy atom. The molecule has 1 N–H and O–H groups in total. The van der Waals surface area contributed by atoms with Gasteiger partial charge in [0, 0.05) is 5.54 Å². The zero-order chi connectivity index (χ0) is 14.5. The predicted molar refractivity (Wildman–Crippen MR) is 76.0 cm³/mol. The standard InChI is InChI=1S/C14H20N2O2S/c1-12(11-15)19(17,18)16-14(2,3)10-9-13-7-5-4-6-8-13/h4-8,12,16H,9-10H2,1-3H3. The van der Waals surface area contributed by atoms with Crippen molar-refractivity contribution in [2.45, 2.75) is 44.4 Å². The Bertz CT molecular complexity index is 545. The van der Waals surface area contributed by atoms with E-state index in [1.807, 2.05) is 44.2 Å². The molecule has 1 aromatic carbocycles. The van der Waals surface area contributed by atoms with Gasteiger partial charge in [0.15, 0.2) is 5.25 Å². The van der Waals surface area contributed by atoms with Gasteiger partial charge in [-0.25, -0.2) is 13.1 Å². The van der Waals surface area contributed by atoms with Gasteiger partial charge in [-0.1, -0.05) is 30.3 Å². The van der Waals surface area contributed by atoms with Crippen LogP contribution in [-0.2, 0) is 16.4 Å². The third-order valence-corrected chi connectivity index (χ3v) is 4.82. The van der Waals surface area contributed by atoms with Crippen LogP contribution in [0.25, 0.3) is 0 Å². The normalized spacial score (nSPS) is 13.8. The van der Waals surface area contributed by atoms with Crippen molar-refractivity contribution in [2.24, 2.45) is 0 Å². The van der Waals surface area contributed by atoms with Crippen molar-refractivity contribution in [3.63, 3.8) is 0 Å². The molecule has 4 nitrogen and oxygen atoms in total. The summed E-state index contributed by atoms with van der Waals surface area (Å²) in [5, 5.41) is 7.67. The largest absolute Gasteiger partial charge is 0.228 e. The molecule has 104 valence electrons. The van der Waals surface area contributed by atoms with Crippen molar-refractivity contribution in [3.8, 4) is 6.07 Å². The molecule has 0 aliphatic carbocycles. The molecule has 0 heterocycles. The molecule has 0 fully saturated rings. The molecule has 0 amide bonds. The highest BCUT2D eigenvalue weighted by molar-refractivity contribution is 7.90. The number of hydrogen-bond acceptors (Lipinski definition) is 3. The molecule has 0 spiro atoms. The van der Waals surface area contributed by atoms with Crippen LogP contribution < -0.4 is 4.72 Å². The topological polar surface area (TPSA) is 70.0 Å². The molecule has 0 aromatic heterocycles. The summed E-state index contributed by atoms with van der Waals surface area (Å²) in [5.41, 5.74) is 0.600. The lowest BCUT2D eigenvalue weighted by Crippen LogP contribution is -2.46. The van der Waals surface area contributed by atoms with Gasteiger partial charge < -0.3 is 0 Å². The number of nitrogens with one attached hydrogen (secondary N) is 1. The minimum absolute atomic E-state index is 0.570. The minimum atomic E-state index is -3.58. The van der Waals surface area contributed by atoms with Gasteiger partial charge in [-0.05, 0) is 39.2 Å². The summed E-state index contributed by atoms with van der Waals surface area (Å²) in [7, 11) is -3.58. The summed E-state index contributed by atoms with van der Waals surface area (Å²) in [5.74, 6) is 0. The van der Waals surface area contributed by atoms with Gasteiger partial charge >= 0.3 is 0 Å². The van der Waals surface area contributed by atoms with E-state index in [9.17, 15) is 8.42 Å². The Labute approximate surface area is 115 Å². The molecule has 0 saturated heterocycles. The zero-order valence-corrected chi connectivity index (χ0v) is 12.4. The average molecular weight is 280 g/mol. The lowest BCUT2D eigenvalue weighted by atomic mass is 9.97. The first-order chi connectivity index (χ1) is 8.77. The van der Waals surface area contributed by atoms with Crippen LogP contribution in [0.3, 0.4) is 0 Å². The van der Waals surface area contributed by atoms with Crippen molar-refractivity contribution >= 4 is 10.0 Å². The SMILES string of the molecule is CC(C#N)S(=O)(=O)NC(C)(C)CCc1ccccc1. The lowest BCUT2D eigenvalue weighted by molar-refractivity contribution is 0.421. The molecule has 0 aliphatic rings. The molecule has 19 heavy (non-hydrogen) atoms. The third kappa shape index (κ3) is 5.01. The fraction of sp³-hybridized carbons (Fsp3) is 0.500.